The van der Waals surface area contributed by atoms with Gasteiger partial charge in [0, 0.05) is 29.7 Å². The number of rotatable bonds is 5. The van der Waals surface area contributed by atoms with Crippen molar-refractivity contribution in [3.8, 4) is 11.4 Å². The van der Waals surface area contributed by atoms with Crippen LogP contribution in [0.3, 0.4) is 0 Å². The lowest BCUT2D eigenvalue weighted by atomic mass is 10.1. The van der Waals surface area contributed by atoms with E-state index in [1.165, 1.54) is 35.6 Å². The van der Waals surface area contributed by atoms with Crippen molar-refractivity contribution in [1.82, 2.24) is 14.3 Å². The number of anilines is 1. The van der Waals surface area contributed by atoms with Crippen molar-refractivity contribution in [3.05, 3.63) is 59.6 Å². The molecule has 2 aromatic heterocycles. The van der Waals surface area contributed by atoms with E-state index in [9.17, 15) is 13.2 Å². The molecule has 9 heteroatoms. The number of nitrogens with one attached hydrogen (secondary N) is 1. The van der Waals surface area contributed by atoms with Crippen LogP contribution in [0.15, 0.2) is 58.9 Å². The molecule has 30 heavy (non-hydrogen) atoms. The van der Waals surface area contributed by atoms with Crippen LogP contribution in [-0.4, -0.2) is 41.2 Å². The van der Waals surface area contributed by atoms with E-state index in [-0.39, 0.29) is 16.8 Å². The van der Waals surface area contributed by atoms with Crippen LogP contribution in [0.1, 0.15) is 36.5 Å². The number of carbonyl (C=O) groups excluding carboxylic acids is 1. The summed E-state index contributed by atoms with van der Waals surface area (Å²) < 4.78 is 27.4. The fourth-order valence-electron chi connectivity index (χ4n) is 3.47. The highest BCUT2D eigenvalue weighted by Gasteiger charge is 2.30. The number of nitrogens with zero attached hydrogens (tertiary/aromatic N) is 3. The molecule has 4 rings (SSSR count). The first-order chi connectivity index (χ1) is 14.4. The molecule has 1 aliphatic rings. The third-order valence-corrected chi connectivity index (χ3v) is 7.90. The topological polar surface area (TPSA) is 92.3 Å². The number of aromatic nitrogens is 2. The molecule has 1 aliphatic heterocycles. The largest absolute Gasteiger partial charge is 0.298 e. The van der Waals surface area contributed by atoms with Crippen molar-refractivity contribution in [3.63, 3.8) is 0 Å². The van der Waals surface area contributed by atoms with Crippen molar-refractivity contribution in [1.29, 1.82) is 0 Å². The van der Waals surface area contributed by atoms with Gasteiger partial charge in [0.2, 0.25) is 10.0 Å². The van der Waals surface area contributed by atoms with E-state index in [1.807, 2.05) is 30.5 Å². The molecule has 7 nitrogen and oxygen atoms in total. The van der Waals surface area contributed by atoms with E-state index >= 15 is 0 Å². The lowest BCUT2D eigenvalue weighted by Gasteiger charge is -2.32. The zero-order valence-corrected chi connectivity index (χ0v) is 18.1. The van der Waals surface area contributed by atoms with E-state index in [1.54, 1.807) is 10.5 Å². The number of carbonyl (C=O) groups is 1. The number of thiazole rings is 1. The smallest absolute Gasteiger partial charge is 0.257 e. The van der Waals surface area contributed by atoms with E-state index in [0.29, 0.717) is 22.9 Å². The Morgan fingerprint density at radius 3 is 2.63 bits per heavy atom. The van der Waals surface area contributed by atoms with Crippen molar-refractivity contribution in [2.45, 2.75) is 37.1 Å². The van der Waals surface area contributed by atoms with Gasteiger partial charge in [0.15, 0.2) is 5.13 Å². The molecule has 1 aromatic carbocycles. The summed E-state index contributed by atoms with van der Waals surface area (Å²) >= 11 is 1.31. The molecule has 1 unspecified atom stereocenters. The highest BCUT2D eigenvalue weighted by molar-refractivity contribution is 7.89. The molecular formula is C21H22N4O3S2. The summed E-state index contributed by atoms with van der Waals surface area (Å²) in [5, 5.41) is 5.04. The van der Waals surface area contributed by atoms with Crippen molar-refractivity contribution < 1.29 is 13.2 Å². The monoisotopic (exact) mass is 442 g/mol. The Labute approximate surface area is 179 Å². The summed E-state index contributed by atoms with van der Waals surface area (Å²) in [6.45, 7) is 2.47. The highest BCUT2D eigenvalue weighted by atomic mass is 32.2. The normalized spacial score (nSPS) is 17.6. The molecular weight excluding hydrogens is 420 g/mol. The average molecular weight is 443 g/mol. The molecule has 1 N–H and O–H groups in total. The lowest BCUT2D eigenvalue weighted by molar-refractivity contribution is 0.102. The maximum Gasteiger partial charge on any atom is 0.257 e. The second-order valence-electron chi connectivity index (χ2n) is 7.19. The Morgan fingerprint density at radius 2 is 1.93 bits per heavy atom. The second-order valence-corrected chi connectivity index (χ2v) is 9.94. The van der Waals surface area contributed by atoms with Gasteiger partial charge >= 0.3 is 0 Å². The number of hydrogen-bond acceptors (Lipinski definition) is 6. The Hall–Kier alpha value is -2.62. The minimum atomic E-state index is -3.56. The fraction of sp³-hybridized carbons (Fsp3) is 0.286. The van der Waals surface area contributed by atoms with Crippen LogP contribution < -0.4 is 5.32 Å². The van der Waals surface area contributed by atoms with Crippen molar-refractivity contribution in [2.75, 3.05) is 11.9 Å². The first-order valence-electron chi connectivity index (χ1n) is 9.75. The number of benzene rings is 1. The molecule has 0 spiro atoms. The Bertz CT molecular complexity index is 1130. The number of hydrogen-bond donors (Lipinski definition) is 1. The lowest BCUT2D eigenvalue weighted by Crippen LogP contribution is -2.41. The predicted octanol–water partition coefficient (Wildman–Crippen LogP) is 4.02. The zero-order valence-electron chi connectivity index (χ0n) is 16.5. The van der Waals surface area contributed by atoms with Gasteiger partial charge in [-0.1, -0.05) is 12.5 Å². The number of piperidine rings is 1. The molecule has 3 aromatic rings. The maximum atomic E-state index is 12.9. The van der Waals surface area contributed by atoms with E-state index in [2.05, 4.69) is 15.3 Å². The van der Waals surface area contributed by atoms with Gasteiger partial charge in [-0.15, -0.1) is 11.3 Å². The number of amides is 1. The number of sulfonamides is 1. The van der Waals surface area contributed by atoms with Crippen LogP contribution >= 0.6 is 11.3 Å². The third kappa shape index (κ3) is 4.28. The van der Waals surface area contributed by atoms with Crippen molar-refractivity contribution in [2.24, 2.45) is 0 Å². The molecule has 3 heterocycles. The third-order valence-electron chi connectivity index (χ3n) is 5.12. The Morgan fingerprint density at radius 1 is 1.13 bits per heavy atom. The summed E-state index contributed by atoms with van der Waals surface area (Å²) in [6, 6.07) is 11.6. The number of pyridine rings is 1. The van der Waals surface area contributed by atoms with Gasteiger partial charge in [0.05, 0.1) is 10.6 Å². The molecule has 1 saturated heterocycles. The first kappa shape index (κ1) is 20.6. The summed E-state index contributed by atoms with van der Waals surface area (Å²) in [5.41, 5.74) is 1.79. The quantitative estimate of drug-likeness (QED) is 0.644. The molecule has 0 radical (unpaired) electrons. The molecule has 156 valence electrons. The van der Waals surface area contributed by atoms with Crippen LogP contribution in [0.2, 0.25) is 0 Å². The summed E-state index contributed by atoms with van der Waals surface area (Å²) in [6.07, 6.45) is 4.48. The van der Waals surface area contributed by atoms with Gasteiger partial charge in [-0.05, 0) is 56.2 Å². The second kappa shape index (κ2) is 8.63. The molecule has 0 bridgehead atoms. The molecule has 1 amide bonds. The maximum absolute atomic E-state index is 12.9. The van der Waals surface area contributed by atoms with Gasteiger partial charge < -0.3 is 0 Å². The minimum Gasteiger partial charge on any atom is -0.298 e. The molecule has 1 fully saturated rings. The van der Waals surface area contributed by atoms with Gasteiger partial charge in [0.25, 0.3) is 5.91 Å². The van der Waals surface area contributed by atoms with Gasteiger partial charge in [-0.3, -0.25) is 15.1 Å². The molecule has 0 saturated carbocycles. The van der Waals surface area contributed by atoms with E-state index in [4.69, 9.17) is 0 Å². The standard InChI is InChI=1S/C21H22N4O3S2/c1-15-6-3-5-13-25(15)30(27,28)17-10-8-16(9-11-17)20(26)24-21-23-19(14-29-21)18-7-2-4-12-22-18/h2,4,7-12,14-15H,3,5-6,13H2,1H3,(H,23,24,26). The molecule has 0 aliphatic carbocycles. The summed E-state index contributed by atoms with van der Waals surface area (Å²) in [7, 11) is -3.56. The van der Waals surface area contributed by atoms with Crippen molar-refractivity contribution >= 4 is 32.4 Å². The summed E-state index contributed by atoms with van der Waals surface area (Å²) in [5.74, 6) is -0.341. The SMILES string of the molecule is CC1CCCCN1S(=O)(=O)c1ccc(C(=O)Nc2nc(-c3ccccn3)cs2)cc1. The van der Waals surface area contributed by atoms with Crippen LogP contribution in [-0.2, 0) is 10.0 Å². The average Bonchev–Trinajstić information content (AvgIpc) is 3.23. The Balaban J connectivity index is 1.46. The minimum absolute atomic E-state index is 0.00933. The fourth-order valence-corrected chi connectivity index (χ4v) is 5.87. The predicted molar refractivity (Wildman–Crippen MR) is 117 cm³/mol. The van der Waals surface area contributed by atoms with Gasteiger partial charge in [-0.25, -0.2) is 13.4 Å². The van der Waals surface area contributed by atoms with E-state index in [0.717, 1.165) is 25.0 Å². The van der Waals surface area contributed by atoms with E-state index < -0.39 is 10.0 Å². The van der Waals surface area contributed by atoms with Crippen LogP contribution in [0.5, 0.6) is 0 Å². The van der Waals surface area contributed by atoms with Crippen LogP contribution in [0.25, 0.3) is 11.4 Å². The van der Waals surface area contributed by atoms with Gasteiger partial charge in [-0.2, -0.15) is 4.31 Å². The van der Waals surface area contributed by atoms with Crippen LogP contribution in [0, 0.1) is 0 Å². The first-order valence-corrected chi connectivity index (χ1v) is 12.1. The Kier molecular flexibility index (Phi) is 5.94. The summed E-state index contributed by atoms with van der Waals surface area (Å²) in [4.78, 5) is 21.4. The molecule has 1 atom stereocenters. The van der Waals surface area contributed by atoms with Crippen LogP contribution in [0.4, 0.5) is 5.13 Å². The zero-order chi connectivity index (χ0) is 21.1. The van der Waals surface area contributed by atoms with Gasteiger partial charge in [0.1, 0.15) is 5.69 Å². The highest BCUT2D eigenvalue weighted by Crippen LogP contribution is 2.26.